The first-order valence-corrected chi connectivity index (χ1v) is 7.52. The summed E-state index contributed by atoms with van der Waals surface area (Å²) < 4.78 is 0. The van der Waals surface area contributed by atoms with Crippen LogP contribution in [0.5, 0.6) is 0 Å². The van der Waals surface area contributed by atoms with Crippen LogP contribution in [0.2, 0.25) is 0 Å². The van der Waals surface area contributed by atoms with Gasteiger partial charge < -0.3 is 10.2 Å². The van der Waals surface area contributed by atoms with Crippen LogP contribution in [-0.2, 0) is 6.42 Å². The molecule has 1 aromatic rings. The van der Waals surface area contributed by atoms with Crippen LogP contribution in [0, 0.1) is 5.41 Å². The number of hydrogen-bond donors (Lipinski definition) is 1. The summed E-state index contributed by atoms with van der Waals surface area (Å²) in [7, 11) is 2.26. The summed E-state index contributed by atoms with van der Waals surface area (Å²) in [5, 5.41) is 3.48. The van der Waals surface area contributed by atoms with Gasteiger partial charge in [-0.2, -0.15) is 0 Å². The predicted octanol–water partition coefficient (Wildman–Crippen LogP) is 2.34. The molecule has 0 bridgehead atoms. The number of piperidine rings is 1. The second kappa shape index (κ2) is 7.01. The van der Waals surface area contributed by atoms with E-state index in [1.54, 1.807) is 0 Å². The molecule has 2 heterocycles. The molecule has 2 rings (SSSR count). The molecule has 0 aromatic carbocycles. The molecule has 0 spiro atoms. The number of nitrogens with one attached hydrogen (secondary N) is 1. The third kappa shape index (κ3) is 4.29. The molecule has 1 saturated heterocycles. The highest BCUT2D eigenvalue weighted by molar-refractivity contribution is 5.09. The number of likely N-dealkylation sites (N-methyl/N-ethyl adjacent to an activating group) is 1. The van der Waals surface area contributed by atoms with Crippen LogP contribution in [0.25, 0.3) is 0 Å². The zero-order valence-corrected chi connectivity index (χ0v) is 12.4. The lowest BCUT2D eigenvalue weighted by Crippen LogP contribution is -2.43. The van der Waals surface area contributed by atoms with Crippen LogP contribution in [0.3, 0.4) is 0 Å². The first-order valence-electron chi connectivity index (χ1n) is 7.52. The van der Waals surface area contributed by atoms with Crippen molar-refractivity contribution in [3.63, 3.8) is 0 Å². The first kappa shape index (κ1) is 14.5. The van der Waals surface area contributed by atoms with Gasteiger partial charge in [-0.15, -0.1) is 0 Å². The lowest BCUT2D eigenvalue weighted by atomic mass is 9.76. The fourth-order valence-corrected chi connectivity index (χ4v) is 3.10. The van der Waals surface area contributed by atoms with E-state index >= 15 is 0 Å². The Morgan fingerprint density at radius 3 is 2.58 bits per heavy atom. The summed E-state index contributed by atoms with van der Waals surface area (Å²) in [6, 6.07) is 4.24. The van der Waals surface area contributed by atoms with Crippen LogP contribution in [0.4, 0.5) is 0 Å². The fourth-order valence-electron chi connectivity index (χ4n) is 3.10. The van der Waals surface area contributed by atoms with E-state index in [2.05, 4.69) is 41.3 Å². The maximum atomic E-state index is 4.07. The Morgan fingerprint density at radius 2 is 1.95 bits per heavy atom. The van der Waals surface area contributed by atoms with Crippen molar-refractivity contribution in [1.29, 1.82) is 0 Å². The number of pyridine rings is 1. The lowest BCUT2D eigenvalue weighted by Gasteiger charge is -2.40. The molecule has 0 atom stereocenters. The summed E-state index contributed by atoms with van der Waals surface area (Å²) in [5.74, 6) is 0. The van der Waals surface area contributed by atoms with Crippen LogP contribution in [-0.4, -0.2) is 43.1 Å². The third-order valence-electron chi connectivity index (χ3n) is 4.55. The van der Waals surface area contributed by atoms with Crippen LogP contribution >= 0.6 is 0 Å². The zero-order valence-electron chi connectivity index (χ0n) is 12.4. The third-order valence-corrected chi connectivity index (χ3v) is 4.55. The van der Waals surface area contributed by atoms with E-state index in [4.69, 9.17) is 0 Å². The Balaban J connectivity index is 1.81. The molecule has 1 fully saturated rings. The van der Waals surface area contributed by atoms with Gasteiger partial charge in [0.05, 0.1) is 0 Å². The number of aromatic nitrogens is 1. The topological polar surface area (TPSA) is 28.2 Å². The second-order valence-electron chi connectivity index (χ2n) is 5.95. The van der Waals surface area contributed by atoms with Gasteiger partial charge in [-0.1, -0.05) is 6.92 Å². The molecule has 1 aliphatic heterocycles. The van der Waals surface area contributed by atoms with Crippen LogP contribution < -0.4 is 5.32 Å². The van der Waals surface area contributed by atoms with Gasteiger partial charge in [0.25, 0.3) is 0 Å². The van der Waals surface area contributed by atoms with Crippen molar-refractivity contribution in [2.75, 3.05) is 33.2 Å². The molecule has 1 aromatic heterocycles. The van der Waals surface area contributed by atoms with Crippen LogP contribution in [0.1, 0.15) is 31.7 Å². The predicted molar refractivity (Wildman–Crippen MR) is 80.3 cm³/mol. The monoisotopic (exact) mass is 261 g/mol. The van der Waals surface area contributed by atoms with E-state index in [-0.39, 0.29) is 0 Å². The minimum absolute atomic E-state index is 0.540. The molecule has 3 heteroatoms. The largest absolute Gasteiger partial charge is 0.317 e. The molecule has 1 aliphatic rings. The van der Waals surface area contributed by atoms with Gasteiger partial charge in [-0.05, 0) is 68.9 Å². The Hall–Kier alpha value is -0.930. The summed E-state index contributed by atoms with van der Waals surface area (Å²) in [4.78, 5) is 6.58. The Bertz CT molecular complexity index is 358. The van der Waals surface area contributed by atoms with Crippen molar-refractivity contribution < 1.29 is 0 Å². The summed E-state index contributed by atoms with van der Waals surface area (Å²) in [6.45, 7) is 7.09. The summed E-state index contributed by atoms with van der Waals surface area (Å²) >= 11 is 0. The number of hydrogen-bond acceptors (Lipinski definition) is 3. The van der Waals surface area contributed by atoms with Crippen molar-refractivity contribution in [2.24, 2.45) is 5.41 Å². The Morgan fingerprint density at radius 1 is 1.26 bits per heavy atom. The van der Waals surface area contributed by atoms with Crippen molar-refractivity contribution in [3.05, 3.63) is 30.1 Å². The Kier molecular flexibility index (Phi) is 5.34. The van der Waals surface area contributed by atoms with E-state index in [1.165, 1.54) is 44.5 Å². The molecule has 0 saturated carbocycles. The van der Waals surface area contributed by atoms with E-state index in [0.717, 1.165) is 13.0 Å². The average molecular weight is 261 g/mol. The maximum absolute atomic E-state index is 4.07. The highest BCUT2D eigenvalue weighted by Gasteiger charge is 2.30. The highest BCUT2D eigenvalue weighted by Crippen LogP contribution is 2.33. The van der Waals surface area contributed by atoms with Gasteiger partial charge >= 0.3 is 0 Å². The SMILES string of the molecule is CCC1(CN(C)CCc2ccncc2)CCNCC1. The number of nitrogens with zero attached hydrogens (tertiary/aromatic N) is 2. The highest BCUT2D eigenvalue weighted by atomic mass is 15.1. The fraction of sp³-hybridized carbons (Fsp3) is 0.688. The minimum Gasteiger partial charge on any atom is -0.317 e. The second-order valence-corrected chi connectivity index (χ2v) is 5.95. The van der Waals surface area contributed by atoms with E-state index in [9.17, 15) is 0 Å². The van der Waals surface area contributed by atoms with Gasteiger partial charge in [-0.25, -0.2) is 0 Å². The van der Waals surface area contributed by atoms with Crippen molar-refractivity contribution >= 4 is 0 Å². The molecule has 0 radical (unpaired) electrons. The van der Waals surface area contributed by atoms with Crippen molar-refractivity contribution in [1.82, 2.24) is 15.2 Å². The molecular weight excluding hydrogens is 234 g/mol. The maximum Gasteiger partial charge on any atom is 0.0270 e. The zero-order chi connectivity index (χ0) is 13.6. The van der Waals surface area contributed by atoms with E-state index < -0.39 is 0 Å². The molecule has 1 N–H and O–H groups in total. The minimum atomic E-state index is 0.540. The van der Waals surface area contributed by atoms with Gasteiger partial charge in [0.1, 0.15) is 0 Å². The average Bonchev–Trinajstić information content (AvgIpc) is 2.47. The molecule has 19 heavy (non-hydrogen) atoms. The molecule has 0 amide bonds. The van der Waals surface area contributed by atoms with Gasteiger partial charge in [0, 0.05) is 25.5 Å². The first-order chi connectivity index (χ1) is 9.24. The molecule has 3 nitrogen and oxygen atoms in total. The summed E-state index contributed by atoms with van der Waals surface area (Å²) in [6.07, 6.45) is 8.84. The Labute approximate surface area is 117 Å². The van der Waals surface area contributed by atoms with Gasteiger partial charge in [0.2, 0.25) is 0 Å². The molecule has 106 valence electrons. The van der Waals surface area contributed by atoms with Crippen molar-refractivity contribution in [3.8, 4) is 0 Å². The molecule has 0 aliphatic carbocycles. The van der Waals surface area contributed by atoms with Crippen LogP contribution in [0.15, 0.2) is 24.5 Å². The van der Waals surface area contributed by atoms with E-state index in [0.29, 0.717) is 5.41 Å². The molecular formula is C16H27N3. The quantitative estimate of drug-likeness (QED) is 0.852. The smallest absolute Gasteiger partial charge is 0.0270 e. The van der Waals surface area contributed by atoms with Gasteiger partial charge in [0.15, 0.2) is 0 Å². The van der Waals surface area contributed by atoms with Gasteiger partial charge in [-0.3, -0.25) is 4.98 Å². The summed E-state index contributed by atoms with van der Waals surface area (Å²) in [5.41, 5.74) is 1.93. The number of rotatable bonds is 6. The normalized spacial score (nSPS) is 18.7. The lowest BCUT2D eigenvalue weighted by molar-refractivity contribution is 0.123. The van der Waals surface area contributed by atoms with E-state index in [1.807, 2.05) is 12.4 Å². The molecule has 0 unspecified atom stereocenters. The standard InChI is InChI=1S/C16H27N3/c1-3-16(7-11-18-12-8-16)14-19(2)13-6-15-4-9-17-10-5-15/h4-5,9-10,18H,3,6-8,11-14H2,1-2H3. The van der Waals surface area contributed by atoms with Crippen molar-refractivity contribution in [2.45, 2.75) is 32.6 Å².